The molecule has 194 valence electrons. The minimum Gasteiger partial charge on any atom is -0.356 e. The first-order valence-corrected chi connectivity index (χ1v) is 13.0. The van der Waals surface area contributed by atoms with E-state index in [1.165, 1.54) is 0 Å². The van der Waals surface area contributed by atoms with E-state index in [2.05, 4.69) is 32.5 Å². The van der Waals surface area contributed by atoms with Crippen LogP contribution in [0.25, 0.3) is 27.8 Å². The van der Waals surface area contributed by atoms with Gasteiger partial charge in [-0.2, -0.15) is 15.5 Å². The Balaban J connectivity index is 1.20. The molecule has 1 N–H and O–H groups in total. The predicted octanol–water partition coefficient (Wildman–Crippen LogP) is 4.38. The van der Waals surface area contributed by atoms with Crippen LogP contribution in [0.15, 0.2) is 73.4 Å². The minimum atomic E-state index is -0.0175. The second kappa shape index (κ2) is 10.1. The lowest BCUT2D eigenvalue weighted by Gasteiger charge is -2.33. The van der Waals surface area contributed by atoms with Gasteiger partial charge in [0.1, 0.15) is 11.9 Å². The van der Waals surface area contributed by atoms with Crippen molar-refractivity contribution in [1.29, 1.82) is 5.26 Å². The fourth-order valence-electron chi connectivity index (χ4n) is 5.19. The smallest absolute Gasteiger partial charge is 0.251 e. The molecular formula is C30H28N8O. The Kier molecular flexibility index (Phi) is 6.29. The van der Waals surface area contributed by atoms with Crippen molar-refractivity contribution in [2.75, 3.05) is 18.0 Å². The van der Waals surface area contributed by atoms with Crippen LogP contribution in [0.3, 0.4) is 0 Å². The quantitative estimate of drug-likeness (QED) is 0.372. The third-order valence-electron chi connectivity index (χ3n) is 7.26. The van der Waals surface area contributed by atoms with Gasteiger partial charge in [-0.25, -0.2) is 9.50 Å². The molecule has 9 heteroatoms. The normalized spacial score (nSPS) is 13.9. The number of rotatable bonds is 5. The predicted molar refractivity (Wildman–Crippen MR) is 149 cm³/mol. The van der Waals surface area contributed by atoms with E-state index in [1.54, 1.807) is 15.4 Å². The lowest BCUT2D eigenvalue weighted by molar-refractivity contribution is 0.0931. The van der Waals surface area contributed by atoms with Gasteiger partial charge in [0, 0.05) is 72.6 Å². The Morgan fingerprint density at radius 3 is 2.54 bits per heavy atom. The molecule has 0 atom stereocenters. The van der Waals surface area contributed by atoms with Crippen LogP contribution in [-0.2, 0) is 7.05 Å². The maximum Gasteiger partial charge on any atom is 0.251 e. The van der Waals surface area contributed by atoms with Gasteiger partial charge in [0.15, 0.2) is 0 Å². The maximum absolute atomic E-state index is 12.7. The molecule has 9 nitrogen and oxygen atoms in total. The molecule has 0 saturated carbocycles. The number of nitriles is 1. The molecule has 5 aromatic rings. The lowest BCUT2D eigenvalue weighted by atomic mass is 10.0. The number of pyridine rings is 2. The summed E-state index contributed by atoms with van der Waals surface area (Å²) < 4.78 is 3.51. The number of carbonyl (C=O) groups excluding carboxylic acids is 1. The number of nitrogens with one attached hydrogen (secondary N) is 1. The number of benzene rings is 1. The second-order valence-electron chi connectivity index (χ2n) is 10.0. The van der Waals surface area contributed by atoms with Crippen LogP contribution in [-0.4, -0.2) is 49.4 Å². The summed E-state index contributed by atoms with van der Waals surface area (Å²) in [7, 11) is 1.88. The third kappa shape index (κ3) is 4.84. The highest BCUT2D eigenvalue weighted by Crippen LogP contribution is 2.32. The number of carbonyl (C=O) groups is 1. The fourth-order valence-corrected chi connectivity index (χ4v) is 5.19. The van der Waals surface area contributed by atoms with Crippen molar-refractivity contribution in [3.63, 3.8) is 0 Å². The topological polar surface area (TPSA) is 104 Å². The first-order valence-electron chi connectivity index (χ1n) is 13.0. The van der Waals surface area contributed by atoms with Crippen LogP contribution >= 0.6 is 0 Å². The fraction of sp³-hybridized carbons (Fsp3) is 0.233. The number of anilines is 1. The van der Waals surface area contributed by atoms with Gasteiger partial charge in [-0.3, -0.25) is 9.48 Å². The molecule has 0 aliphatic carbocycles. The van der Waals surface area contributed by atoms with Gasteiger partial charge in [-0.1, -0.05) is 17.7 Å². The molecule has 1 aliphatic heterocycles. The molecule has 4 aromatic heterocycles. The third-order valence-corrected chi connectivity index (χ3v) is 7.26. The molecular weight excluding hydrogens is 488 g/mol. The Labute approximate surface area is 226 Å². The highest BCUT2D eigenvalue weighted by Gasteiger charge is 2.22. The summed E-state index contributed by atoms with van der Waals surface area (Å²) in [6, 6.07) is 16.2. The van der Waals surface area contributed by atoms with Crippen LogP contribution in [0.2, 0.25) is 0 Å². The Morgan fingerprint density at radius 2 is 1.85 bits per heavy atom. The molecule has 0 bridgehead atoms. The van der Waals surface area contributed by atoms with E-state index in [-0.39, 0.29) is 11.9 Å². The van der Waals surface area contributed by atoms with Gasteiger partial charge < -0.3 is 10.2 Å². The summed E-state index contributed by atoms with van der Waals surface area (Å²) in [6.07, 6.45) is 10.8. The van der Waals surface area contributed by atoms with Crippen molar-refractivity contribution < 1.29 is 4.79 Å². The summed E-state index contributed by atoms with van der Waals surface area (Å²) in [5, 5.41) is 21.6. The minimum absolute atomic E-state index is 0.0175. The van der Waals surface area contributed by atoms with Crippen molar-refractivity contribution in [2.45, 2.75) is 25.8 Å². The van der Waals surface area contributed by atoms with Gasteiger partial charge in [-0.05, 0) is 50.1 Å². The van der Waals surface area contributed by atoms with Gasteiger partial charge >= 0.3 is 0 Å². The standard InChI is InChI=1S/C30H28N8O/c1-20-4-3-5-21(12-20)30(39)35-26-8-10-37(11-9-26)28-7-6-22(15-32-28)27-13-23(25-17-33-36(2)18-25)19-38-29(27)24(14-31)16-34-38/h3-7,12-13,15-19,26H,8-11H2,1-2H3,(H,35,39). The SMILES string of the molecule is Cc1cccc(C(=O)NC2CCN(c3ccc(-c4cc(-c5cnn(C)c5)cn5ncc(C#N)c45)cn3)CC2)c1. The molecule has 1 aliphatic rings. The molecule has 6 rings (SSSR count). The first-order chi connectivity index (χ1) is 19.0. The number of amides is 1. The second-order valence-corrected chi connectivity index (χ2v) is 10.0. The van der Waals surface area contributed by atoms with E-state index >= 15 is 0 Å². The van der Waals surface area contributed by atoms with Gasteiger partial charge in [-0.15, -0.1) is 0 Å². The monoisotopic (exact) mass is 516 g/mol. The molecule has 1 fully saturated rings. The van der Waals surface area contributed by atoms with Crippen molar-refractivity contribution in [3.05, 3.63) is 90.1 Å². The zero-order valence-electron chi connectivity index (χ0n) is 21.9. The number of hydrogen-bond acceptors (Lipinski definition) is 6. The molecule has 1 saturated heterocycles. The van der Waals surface area contributed by atoms with Crippen molar-refractivity contribution in [3.8, 4) is 28.3 Å². The summed E-state index contributed by atoms with van der Waals surface area (Å²) in [5.41, 5.74) is 6.77. The summed E-state index contributed by atoms with van der Waals surface area (Å²) in [6.45, 7) is 3.62. The zero-order valence-corrected chi connectivity index (χ0v) is 21.9. The maximum atomic E-state index is 12.7. The number of piperidine rings is 1. The van der Waals surface area contributed by atoms with Gasteiger partial charge in [0.2, 0.25) is 0 Å². The molecule has 0 unspecified atom stereocenters. The van der Waals surface area contributed by atoms with Crippen LogP contribution in [0, 0.1) is 18.3 Å². The van der Waals surface area contributed by atoms with E-state index in [0.29, 0.717) is 11.1 Å². The first kappa shape index (κ1) is 24.4. The van der Waals surface area contributed by atoms with Crippen molar-refractivity contribution in [1.82, 2.24) is 29.7 Å². The highest BCUT2D eigenvalue weighted by molar-refractivity contribution is 5.94. The number of hydrogen-bond donors (Lipinski definition) is 1. The largest absolute Gasteiger partial charge is 0.356 e. The molecule has 0 radical (unpaired) electrons. The molecule has 1 aromatic carbocycles. The summed E-state index contributed by atoms with van der Waals surface area (Å²) >= 11 is 0. The van der Waals surface area contributed by atoms with E-state index < -0.39 is 0 Å². The zero-order chi connectivity index (χ0) is 26.9. The Bertz CT molecular complexity index is 1700. The summed E-state index contributed by atoms with van der Waals surface area (Å²) in [4.78, 5) is 19.7. The van der Waals surface area contributed by atoms with Crippen molar-refractivity contribution in [2.24, 2.45) is 7.05 Å². The Hall–Kier alpha value is -4.97. The number of fused-ring (bicyclic) bond motifs is 1. The molecule has 39 heavy (non-hydrogen) atoms. The summed E-state index contributed by atoms with van der Waals surface area (Å²) in [5.74, 6) is 0.881. The van der Waals surface area contributed by atoms with E-state index in [4.69, 9.17) is 4.98 Å². The van der Waals surface area contributed by atoms with E-state index in [0.717, 1.165) is 65.1 Å². The average Bonchev–Trinajstić information content (AvgIpc) is 3.59. The molecule has 0 spiro atoms. The van der Waals surface area contributed by atoms with E-state index in [1.807, 2.05) is 75.2 Å². The van der Waals surface area contributed by atoms with Crippen LogP contribution in [0.5, 0.6) is 0 Å². The Morgan fingerprint density at radius 1 is 1.00 bits per heavy atom. The van der Waals surface area contributed by atoms with Gasteiger partial charge in [0.25, 0.3) is 5.91 Å². The number of aromatic nitrogens is 5. The van der Waals surface area contributed by atoms with Crippen molar-refractivity contribution >= 4 is 17.2 Å². The van der Waals surface area contributed by atoms with E-state index in [9.17, 15) is 10.1 Å². The van der Waals surface area contributed by atoms with Gasteiger partial charge in [0.05, 0.1) is 23.5 Å². The number of nitrogens with zero attached hydrogens (tertiary/aromatic N) is 7. The highest BCUT2D eigenvalue weighted by atomic mass is 16.1. The van der Waals surface area contributed by atoms with Crippen LogP contribution < -0.4 is 10.2 Å². The lowest BCUT2D eigenvalue weighted by Crippen LogP contribution is -2.45. The molecule has 1 amide bonds. The van der Waals surface area contributed by atoms with Crippen LogP contribution in [0.1, 0.15) is 34.3 Å². The number of aryl methyl sites for hydroxylation is 2. The molecule has 5 heterocycles. The van der Waals surface area contributed by atoms with Crippen LogP contribution in [0.4, 0.5) is 5.82 Å². The average molecular weight is 517 g/mol.